The zero-order chi connectivity index (χ0) is 21.9. The maximum Gasteiger partial charge on any atom is 0.416 e. The van der Waals surface area contributed by atoms with E-state index in [9.17, 15) is 21.6 Å². The van der Waals surface area contributed by atoms with Crippen LogP contribution in [0, 0.1) is 0 Å². The van der Waals surface area contributed by atoms with Crippen LogP contribution in [0.25, 0.3) is 0 Å². The Morgan fingerprint density at radius 1 is 1.17 bits per heavy atom. The van der Waals surface area contributed by atoms with Gasteiger partial charge in [-0.3, -0.25) is 0 Å². The van der Waals surface area contributed by atoms with Gasteiger partial charge in [-0.2, -0.15) is 28.1 Å². The van der Waals surface area contributed by atoms with Crippen molar-refractivity contribution in [2.75, 3.05) is 50.2 Å². The van der Waals surface area contributed by atoms with Gasteiger partial charge in [0.2, 0.25) is 21.9 Å². The first-order valence-corrected chi connectivity index (χ1v) is 10.5. The summed E-state index contributed by atoms with van der Waals surface area (Å²) in [5, 5.41) is 0. The summed E-state index contributed by atoms with van der Waals surface area (Å²) in [7, 11) is -0.747. The molecule has 9 nitrogen and oxygen atoms in total. The molecule has 1 saturated heterocycles. The third-order valence-electron chi connectivity index (χ3n) is 4.24. The predicted molar refractivity (Wildman–Crippen MR) is 103 cm³/mol. The first kappa shape index (κ1) is 22.2. The number of nitrogens with zero attached hydrogens (tertiary/aromatic N) is 5. The molecule has 0 bridgehead atoms. The summed E-state index contributed by atoms with van der Waals surface area (Å²) in [5.41, 5.74) is -1.05. The van der Waals surface area contributed by atoms with Gasteiger partial charge in [-0.15, -0.1) is 0 Å². The SMILES string of the molecule is CN(C)c1nc(CNS(=O)(=O)c2cccc(C(F)(F)F)c2)nc(N2CCOCC2)n1. The Kier molecular flexibility index (Phi) is 6.43. The largest absolute Gasteiger partial charge is 0.416 e. The number of aromatic nitrogens is 3. The zero-order valence-corrected chi connectivity index (χ0v) is 17.2. The lowest BCUT2D eigenvalue weighted by molar-refractivity contribution is -0.137. The van der Waals surface area contributed by atoms with Crippen molar-refractivity contribution < 1.29 is 26.3 Å². The average Bonchev–Trinajstić information content (AvgIpc) is 2.72. The molecule has 1 aromatic heterocycles. The van der Waals surface area contributed by atoms with Gasteiger partial charge in [-0.05, 0) is 18.2 Å². The van der Waals surface area contributed by atoms with Crippen LogP contribution in [0.15, 0.2) is 29.2 Å². The lowest BCUT2D eigenvalue weighted by atomic mass is 10.2. The molecule has 0 spiro atoms. The quantitative estimate of drug-likeness (QED) is 0.708. The molecule has 30 heavy (non-hydrogen) atoms. The van der Waals surface area contributed by atoms with Crippen LogP contribution >= 0.6 is 0 Å². The van der Waals surface area contributed by atoms with Crippen molar-refractivity contribution in [3.05, 3.63) is 35.7 Å². The maximum absolute atomic E-state index is 12.9. The average molecular weight is 446 g/mol. The molecular weight excluding hydrogens is 425 g/mol. The van der Waals surface area contributed by atoms with E-state index in [2.05, 4.69) is 19.7 Å². The number of benzene rings is 1. The van der Waals surface area contributed by atoms with E-state index in [0.29, 0.717) is 44.3 Å². The molecular formula is C17H21F3N6O3S. The molecule has 0 radical (unpaired) electrons. The molecule has 2 heterocycles. The van der Waals surface area contributed by atoms with Crippen molar-refractivity contribution >= 4 is 21.9 Å². The smallest absolute Gasteiger partial charge is 0.378 e. The molecule has 0 atom stereocenters. The van der Waals surface area contributed by atoms with Gasteiger partial charge in [0.25, 0.3) is 0 Å². The predicted octanol–water partition coefficient (Wildman–Crippen LogP) is 1.27. The third kappa shape index (κ3) is 5.34. The highest BCUT2D eigenvalue weighted by atomic mass is 32.2. The first-order chi connectivity index (χ1) is 14.1. The van der Waals surface area contributed by atoms with Crippen LogP contribution in [-0.4, -0.2) is 63.8 Å². The number of halogens is 3. The normalized spacial score (nSPS) is 15.3. The first-order valence-electron chi connectivity index (χ1n) is 8.98. The standard InChI is InChI=1S/C17H21F3N6O3S/c1-25(2)15-22-14(23-16(24-15)26-6-8-29-9-7-26)11-21-30(27,28)13-5-3-4-12(10-13)17(18,19)20/h3-5,10,21H,6-9,11H2,1-2H3. The summed E-state index contributed by atoms with van der Waals surface area (Å²) >= 11 is 0. The van der Waals surface area contributed by atoms with Crippen LogP contribution in [0.1, 0.15) is 11.4 Å². The van der Waals surface area contributed by atoms with Crippen molar-refractivity contribution in [2.24, 2.45) is 0 Å². The van der Waals surface area contributed by atoms with Gasteiger partial charge in [0.05, 0.1) is 30.2 Å². The zero-order valence-electron chi connectivity index (χ0n) is 16.3. The summed E-state index contributed by atoms with van der Waals surface area (Å²) in [5.74, 6) is 0.857. The Morgan fingerprint density at radius 2 is 1.87 bits per heavy atom. The summed E-state index contributed by atoms with van der Waals surface area (Å²) in [6, 6.07) is 3.53. The fourth-order valence-corrected chi connectivity index (χ4v) is 3.69. The van der Waals surface area contributed by atoms with Crippen LogP contribution < -0.4 is 14.5 Å². The minimum Gasteiger partial charge on any atom is -0.378 e. The molecule has 1 aliphatic heterocycles. The number of morpholine rings is 1. The van der Waals surface area contributed by atoms with E-state index in [1.54, 1.807) is 19.0 Å². The Balaban J connectivity index is 1.82. The fourth-order valence-electron chi connectivity index (χ4n) is 2.66. The topological polar surface area (TPSA) is 101 Å². The second-order valence-corrected chi connectivity index (χ2v) is 8.46. The van der Waals surface area contributed by atoms with Crippen molar-refractivity contribution in [1.29, 1.82) is 0 Å². The lowest BCUT2D eigenvalue weighted by Crippen LogP contribution is -2.38. The molecule has 13 heteroatoms. The van der Waals surface area contributed by atoms with Crippen molar-refractivity contribution in [3.63, 3.8) is 0 Å². The number of hydrogen-bond acceptors (Lipinski definition) is 8. The fraction of sp³-hybridized carbons (Fsp3) is 0.471. The lowest BCUT2D eigenvalue weighted by Gasteiger charge is -2.27. The molecule has 164 valence electrons. The van der Waals surface area contributed by atoms with E-state index in [4.69, 9.17) is 4.74 Å². The van der Waals surface area contributed by atoms with Crippen LogP contribution in [0.2, 0.25) is 0 Å². The molecule has 0 unspecified atom stereocenters. The monoisotopic (exact) mass is 446 g/mol. The number of nitrogens with one attached hydrogen (secondary N) is 1. The van der Waals surface area contributed by atoms with Gasteiger partial charge in [0.15, 0.2) is 5.82 Å². The molecule has 1 aliphatic rings. The van der Waals surface area contributed by atoms with E-state index >= 15 is 0 Å². The van der Waals surface area contributed by atoms with Crippen molar-refractivity contribution in [1.82, 2.24) is 19.7 Å². The van der Waals surface area contributed by atoms with Crippen LogP contribution in [0.3, 0.4) is 0 Å². The number of anilines is 2. The van der Waals surface area contributed by atoms with Gasteiger partial charge in [0.1, 0.15) is 0 Å². The van der Waals surface area contributed by atoms with Gasteiger partial charge >= 0.3 is 6.18 Å². The number of rotatable bonds is 6. The van der Waals surface area contributed by atoms with E-state index in [-0.39, 0.29) is 12.4 Å². The maximum atomic E-state index is 12.9. The summed E-state index contributed by atoms with van der Waals surface area (Å²) in [4.78, 5) is 15.9. The van der Waals surface area contributed by atoms with Crippen LogP contribution in [0.4, 0.5) is 25.1 Å². The van der Waals surface area contributed by atoms with Gasteiger partial charge in [-0.1, -0.05) is 6.07 Å². The second kappa shape index (κ2) is 8.70. The molecule has 0 saturated carbocycles. The minimum atomic E-state index is -4.65. The molecule has 1 aromatic carbocycles. The Bertz CT molecular complexity index is 994. The Morgan fingerprint density at radius 3 is 2.50 bits per heavy atom. The highest BCUT2D eigenvalue weighted by Crippen LogP contribution is 2.30. The Labute approximate surface area is 172 Å². The van der Waals surface area contributed by atoms with Crippen molar-refractivity contribution in [3.8, 4) is 0 Å². The second-order valence-electron chi connectivity index (χ2n) is 6.70. The summed E-state index contributed by atoms with van der Waals surface area (Å²) in [6.07, 6.45) is -4.65. The van der Waals surface area contributed by atoms with E-state index in [1.807, 2.05) is 4.90 Å². The highest BCUT2D eigenvalue weighted by Gasteiger charge is 2.31. The minimum absolute atomic E-state index is 0.144. The van der Waals surface area contributed by atoms with Gasteiger partial charge < -0.3 is 14.5 Å². The molecule has 0 amide bonds. The summed E-state index contributed by atoms with van der Waals surface area (Å²) < 4.78 is 71.2. The Hall–Kier alpha value is -2.51. The molecule has 3 rings (SSSR count). The van der Waals surface area contributed by atoms with E-state index < -0.39 is 26.7 Å². The van der Waals surface area contributed by atoms with Crippen LogP contribution in [-0.2, 0) is 27.5 Å². The van der Waals surface area contributed by atoms with Crippen LogP contribution in [0.5, 0.6) is 0 Å². The number of ether oxygens (including phenoxy) is 1. The number of sulfonamides is 1. The summed E-state index contributed by atoms with van der Waals surface area (Å²) in [6.45, 7) is 1.87. The van der Waals surface area contributed by atoms with Crippen molar-refractivity contribution in [2.45, 2.75) is 17.6 Å². The molecule has 2 aromatic rings. The molecule has 0 aliphatic carbocycles. The molecule has 1 fully saturated rings. The number of alkyl halides is 3. The number of hydrogen-bond donors (Lipinski definition) is 1. The third-order valence-corrected chi connectivity index (χ3v) is 5.64. The van der Waals surface area contributed by atoms with E-state index in [1.165, 1.54) is 0 Å². The molecule has 1 N–H and O–H groups in total. The highest BCUT2D eigenvalue weighted by molar-refractivity contribution is 7.89. The van der Waals surface area contributed by atoms with E-state index in [0.717, 1.165) is 18.2 Å². The van der Waals surface area contributed by atoms with Gasteiger partial charge in [-0.25, -0.2) is 13.1 Å². The van der Waals surface area contributed by atoms with Gasteiger partial charge in [0, 0.05) is 27.2 Å².